The summed E-state index contributed by atoms with van der Waals surface area (Å²) in [5.74, 6) is -0.863. The van der Waals surface area contributed by atoms with Crippen molar-refractivity contribution in [3.8, 4) is 11.1 Å². The van der Waals surface area contributed by atoms with Crippen LogP contribution < -0.4 is 0 Å². The van der Waals surface area contributed by atoms with Crippen LogP contribution in [-0.4, -0.2) is 22.5 Å². The average Bonchev–Trinajstić information content (AvgIpc) is 2.52. The zero-order valence-electron chi connectivity index (χ0n) is 12.7. The summed E-state index contributed by atoms with van der Waals surface area (Å²) in [6.07, 6.45) is 7.11. The number of benzene rings is 1. The molecule has 22 heavy (non-hydrogen) atoms. The first kappa shape index (κ1) is 15.1. The molecule has 0 radical (unpaired) electrons. The van der Waals surface area contributed by atoms with Gasteiger partial charge in [0.25, 0.3) is 0 Å². The van der Waals surface area contributed by atoms with Crippen LogP contribution in [0.1, 0.15) is 31.7 Å². The molecule has 1 aromatic heterocycles. The summed E-state index contributed by atoms with van der Waals surface area (Å²) in [7, 11) is 0. The topological polar surface area (TPSA) is 16.1 Å². The summed E-state index contributed by atoms with van der Waals surface area (Å²) < 4.78 is 27.3. The first-order valence-corrected chi connectivity index (χ1v) is 7.77. The third kappa shape index (κ3) is 3.33. The predicted molar refractivity (Wildman–Crippen MR) is 83.3 cm³/mol. The highest BCUT2D eigenvalue weighted by atomic mass is 19.1. The largest absolute Gasteiger partial charge is 0.296 e. The van der Waals surface area contributed by atoms with E-state index in [2.05, 4.69) is 16.8 Å². The molecule has 1 aliphatic heterocycles. The van der Waals surface area contributed by atoms with Gasteiger partial charge in [0.05, 0.1) is 0 Å². The van der Waals surface area contributed by atoms with Crippen LogP contribution in [0.3, 0.4) is 0 Å². The van der Waals surface area contributed by atoms with E-state index in [1.54, 1.807) is 6.20 Å². The second-order valence-electron chi connectivity index (χ2n) is 6.02. The van der Waals surface area contributed by atoms with Gasteiger partial charge in [-0.2, -0.15) is 0 Å². The second kappa shape index (κ2) is 6.53. The van der Waals surface area contributed by atoms with Crippen LogP contribution in [0.5, 0.6) is 0 Å². The maximum absolute atomic E-state index is 13.9. The van der Waals surface area contributed by atoms with Crippen LogP contribution in [0, 0.1) is 11.6 Å². The number of hydrogen-bond donors (Lipinski definition) is 0. The summed E-state index contributed by atoms with van der Waals surface area (Å²) in [6.45, 7) is 4.13. The van der Waals surface area contributed by atoms with Crippen LogP contribution in [0.15, 0.2) is 36.7 Å². The zero-order chi connectivity index (χ0) is 15.5. The number of piperidine rings is 1. The number of halogens is 2. The quantitative estimate of drug-likeness (QED) is 0.835. The summed E-state index contributed by atoms with van der Waals surface area (Å²) >= 11 is 0. The van der Waals surface area contributed by atoms with Gasteiger partial charge in [-0.05, 0) is 56.1 Å². The van der Waals surface area contributed by atoms with E-state index in [1.165, 1.54) is 25.3 Å². The van der Waals surface area contributed by atoms with Gasteiger partial charge in [0, 0.05) is 36.1 Å². The minimum absolute atomic E-state index is 0.265. The number of aromatic nitrogens is 1. The molecule has 1 aliphatic rings. The summed E-state index contributed by atoms with van der Waals surface area (Å²) in [6, 6.07) is 5.98. The van der Waals surface area contributed by atoms with Crippen molar-refractivity contribution in [2.45, 2.75) is 38.8 Å². The Bertz CT molecular complexity index is 657. The molecule has 116 valence electrons. The van der Waals surface area contributed by atoms with Crippen LogP contribution in [0.4, 0.5) is 8.78 Å². The Morgan fingerprint density at radius 2 is 2.05 bits per heavy atom. The summed E-state index contributed by atoms with van der Waals surface area (Å²) in [5, 5.41) is 0. The van der Waals surface area contributed by atoms with E-state index in [0.717, 1.165) is 30.8 Å². The van der Waals surface area contributed by atoms with Crippen LogP contribution in [0.25, 0.3) is 11.1 Å². The molecule has 1 atom stereocenters. The molecule has 1 aromatic carbocycles. The van der Waals surface area contributed by atoms with E-state index in [9.17, 15) is 8.78 Å². The molecule has 2 heterocycles. The molecule has 4 heteroatoms. The van der Waals surface area contributed by atoms with Gasteiger partial charge in [-0.3, -0.25) is 9.88 Å². The van der Waals surface area contributed by atoms with Gasteiger partial charge in [0.1, 0.15) is 11.6 Å². The number of hydrogen-bond acceptors (Lipinski definition) is 2. The van der Waals surface area contributed by atoms with E-state index in [0.29, 0.717) is 11.6 Å². The normalized spacial score (nSPS) is 19.3. The molecule has 0 bridgehead atoms. The maximum atomic E-state index is 13.9. The standard InChI is InChI=1S/C18H20F2N2/c1-13-4-2-3-7-22(13)12-14-8-15(11-21-10-14)17-9-16(19)5-6-18(17)20/h5-6,8-11,13H,2-4,7,12H2,1H3/t13-/m1/s1. The number of nitrogens with zero attached hydrogens (tertiary/aromatic N) is 2. The van der Waals surface area contributed by atoms with Crippen molar-refractivity contribution in [1.29, 1.82) is 0 Å². The zero-order valence-corrected chi connectivity index (χ0v) is 12.7. The molecule has 2 nitrogen and oxygen atoms in total. The monoisotopic (exact) mass is 302 g/mol. The molecule has 1 saturated heterocycles. The smallest absolute Gasteiger partial charge is 0.131 e. The SMILES string of the molecule is C[C@@H]1CCCCN1Cc1cncc(-c2cc(F)ccc2F)c1. The van der Waals surface area contributed by atoms with Crippen molar-refractivity contribution in [3.05, 3.63) is 53.9 Å². The molecule has 0 amide bonds. The molecule has 0 spiro atoms. The molecule has 3 rings (SSSR count). The Hall–Kier alpha value is -1.81. The highest BCUT2D eigenvalue weighted by Crippen LogP contribution is 2.25. The molecule has 1 fully saturated rings. The first-order chi connectivity index (χ1) is 10.6. The molecule has 0 N–H and O–H groups in total. The Morgan fingerprint density at radius 3 is 2.86 bits per heavy atom. The van der Waals surface area contributed by atoms with Crippen LogP contribution in [-0.2, 0) is 6.54 Å². The summed E-state index contributed by atoms with van der Waals surface area (Å²) in [4.78, 5) is 6.63. The van der Waals surface area contributed by atoms with Crippen LogP contribution >= 0.6 is 0 Å². The van der Waals surface area contributed by atoms with E-state index >= 15 is 0 Å². The fraction of sp³-hybridized carbons (Fsp3) is 0.389. The maximum Gasteiger partial charge on any atom is 0.131 e. The number of pyridine rings is 1. The Balaban J connectivity index is 1.84. The van der Waals surface area contributed by atoms with Gasteiger partial charge in [-0.1, -0.05) is 6.42 Å². The van der Waals surface area contributed by atoms with E-state index in [1.807, 2.05) is 12.3 Å². The lowest BCUT2D eigenvalue weighted by atomic mass is 10.0. The van der Waals surface area contributed by atoms with Crippen molar-refractivity contribution in [2.75, 3.05) is 6.54 Å². The minimum atomic E-state index is -0.438. The minimum Gasteiger partial charge on any atom is -0.296 e. The average molecular weight is 302 g/mol. The Kier molecular flexibility index (Phi) is 4.48. The first-order valence-electron chi connectivity index (χ1n) is 7.77. The van der Waals surface area contributed by atoms with Crippen molar-refractivity contribution < 1.29 is 8.78 Å². The van der Waals surface area contributed by atoms with Crippen molar-refractivity contribution in [3.63, 3.8) is 0 Å². The van der Waals surface area contributed by atoms with Gasteiger partial charge in [-0.15, -0.1) is 0 Å². The third-order valence-corrected chi connectivity index (χ3v) is 4.36. The van der Waals surface area contributed by atoms with Gasteiger partial charge < -0.3 is 0 Å². The molecule has 0 saturated carbocycles. The molecule has 2 aromatic rings. The molecule has 0 aliphatic carbocycles. The molecular formula is C18H20F2N2. The van der Waals surface area contributed by atoms with Gasteiger partial charge >= 0.3 is 0 Å². The van der Waals surface area contributed by atoms with Crippen molar-refractivity contribution >= 4 is 0 Å². The fourth-order valence-electron chi connectivity index (χ4n) is 3.07. The lowest BCUT2D eigenvalue weighted by Crippen LogP contribution is -2.36. The summed E-state index contributed by atoms with van der Waals surface area (Å²) in [5.41, 5.74) is 1.93. The van der Waals surface area contributed by atoms with E-state index in [4.69, 9.17) is 0 Å². The van der Waals surface area contributed by atoms with E-state index < -0.39 is 11.6 Å². The highest BCUT2D eigenvalue weighted by Gasteiger charge is 2.18. The number of likely N-dealkylation sites (tertiary alicyclic amines) is 1. The third-order valence-electron chi connectivity index (χ3n) is 4.36. The predicted octanol–water partition coefficient (Wildman–Crippen LogP) is 4.40. The highest BCUT2D eigenvalue weighted by molar-refractivity contribution is 5.63. The van der Waals surface area contributed by atoms with Crippen molar-refractivity contribution in [1.82, 2.24) is 9.88 Å². The second-order valence-corrected chi connectivity index (χ2v) is 6.02. The van der Waals surface area contributed by atoms with Gasteiger partial charge in [-0.25, -0.2) is 8.78 Å². The lowest BCUT2D eigenvalue weighted by Gasteiger charge is -2.33. The fourth-order valence-corrected chi connectivity index (χ4v) is 3.07. The van der Waals surface area contributed by atoms with Gasteiger partial charge in [0.2, 0.25) is 0 Å². The Morgan fingerprint density at radius 1 is 1.18 bits per heavy atom. The number of rotatable bonds is 3. The lowest BCUT2D eigenvalue weighted by molar-refractivity contribution is 0.152. The molecule has 0 unspecified atom stereocenters. The molecular weight excluding hydrogens is 282 g/mol. The Labute approximate surface area is 129 Å². The van der Waals surface area contributed by atoms with Crippen LogP contribution in [0.2, 0.25) is 0 Å². The van der Waals surface area contributed by atoms with Gasteiger partial charge in [0.15, 0.2) is 0 Å². The van der Waals surface area contributed by atoms with E-state index in [-0.39, 0.29) is 5.56 Å². The van der Waals surface area contributed by atoms with Crippen molar-refractivity contribution in [2.24, 2.45) is 0 Å².